The highest BCUT2D eigenvalue weighted by Gasteiger charge is 2.21. The molecule has 2 heterocycles. The Morgan fingerprint density at radius 1 is 1.08 bits per heavy atom. The van der Waals surface area contributed by atoms with Crippen LogP contribution in [0, 0.1) is 4.77 Å². The molecule has 1 N–H and O–H groups in total. The first-order valence-electron chi connectivity index (χ1n) is 9.00. The molecule has 1 aliphatic rings. The van der Waals surface area contributed by atoms with Gasteiger partial charge in [-0.15, -0.1) is 11.7 Å². The van der Waals surface area contributed by atoms with Crippen LogP contribution in [0.5, 0.6) is 0 Å². The average Bonchev–Trinajstić information content (AvgIpc) is 2.99. The van der Waals surface area contributed by atoms with E-state index in [1.54, 1.807) is 0 Å². The third kappa shape index (κ3) is 3.28. The summed E-state index contributed by atoms with van der Waals surface area (Å²) >= 11 is 5.73. The quantitative estimate of drug-likeness (QED) is 0.557. The van der Waals surface area contributed by atoms with Crippen LogP contribution < -0.4 is 4.90 Å². The van der Waals surface area contributed by atoms with Crippen molar-refractivity contribution in [3.63, 3.8) is 0 Å². The molecule has 1 unspecified atom stereocenters. The van der Waals surface area contributed by atoms with Crippen LogP contribution in [0.1, 0.15) is 11.1 Å². The maximum Gasteiger partial charge on any atom is 0.203 e. The van der Waals surface area contributed by atoms with E-state index in [-0.39, 0.29) is 0 Å². The fourth-order valence-electron chi connectivity index (χ4n) is 3.63. The van der Waals surface area contributed by atoms with E-state index in [2.05, 4.69) is 47.5 Å². The van der Waals surface area contributed by atoms with Crippen LogP contribution in [-0.4, -0.2) is 20.9 Å². The SMILES string of the molecule is C=CCn1c(-c2ccccc2)nn(C[NH+]2CCc3ccccc3C2)c1=S. The first-order valence-corrected chi connectivity index (χ1v) is 9.41. The Morgan fingerprint density at radius 2 is 1.81 bits per heavy atom. The third-order valence-electron chi connectivity index (χ3n) is 4.95. The minimum Gasteiger partial charge on any atom is -0.312 e. The molecule has 0 bridgehead atoms. The predicted octanol–water partition coefficient (Wildman–Crippen LogP) is 2.87. The molecule has 3 aromatic rings. The Morgan fingerprint density at radius 3 is 2.58 bits per heavy atom. The molecule has 4 nitrogen and oxygen atoms in total. The van der Waals surface area contributed by atoms with E-state index < -0.39 is 0 Å². The zero-order valence-corrected chi connectivity index (χ0v) is 15.6. The van der Waals surface area contributed by atoms with Gasteiger partial charge in [0, 0.05) is 24.1 Å². The standard InChI is InChI=1S/C21H22N4S/c1-2-13-24-20(18-9-4-3-5-10-18)22-25(21(24)26)16-23-14-12-17-8-6-7-11-19(17)15-23/h2-11H,1,12-16H2/p+1. The van der Waals surface area contributed by atoms with Gasteiger partial charge < -0.3 is 4.90 Å². The molecule has 0 saturated heterocycles. The zero-order chi connectivity index (χ0) is 17.9. The van der Waals surface area contributed by atoms with E-state index in [9.17, 15) is 0 Å². The number of hydrogen-bond acceptors (Lipinski definition) is 2. The molecule has 4 rings (SSSR count). The first kappa shape index (κ1) is 16.9. The highest BCUT2D eigenvalue weighted by Crippen LogP contribution is 2.18. The van der Waals surface area contributed by atoms with Crippen molar-refractivity contribution in [2.45, 2.75) is 26.2 Å². The first-order chi connectivity index (χ1) is 12.8. The molecular weight excluding hydrogens is 340 g/mol. The lowest BCUT2D eigenvalue weighted by molar-refractivity contribution is -0.939. The van der Waals surface area contributed by atoms with Gasteiger partial charge in [-0.2, -0.15) is 4.68 Å². The monoisotopic (exact) mass is 363 g/mol. The highest BCUT2D eigenvalue weighted by atomic mass is 32.1. The Kier molecular flexibility index (Phi) is 4.82. The van der Waals surface area contributed by atoms with Gasteiger partial charge in [0.25, 0.3) is 0 Å². The molecule has 0 fully saturated rings. The number of allylic oxidation sites excluding steroid dienone is 1. The van der Waals surface area contributed by atoms with Gasteiger partial charge in [0.05, 0.1) is 6.54 Å². The summed E-state index contributed by atoms with van der Waals surface area (Å²) < 4.78 is 4.80. The molecule has 5 heteroatoms. The zero-order valence-electron chi connectivity index (χ0n) is 14.8. The number of aromatic nitrogens is 3. The molecule has 1 aromatic heterocycles. The van der Waals surface area contributed by atoms with Crippen molar-refractivity contribution in [2.75, 3.05) is 6.54 Å². The summed E-state index contributed by atoms with van der Waals surface area (Å²) in [6.07, 6.45) is 2.98. The fourth-order valence-corrected chi connectivity index (χ4v) is 3.89. The van der Waals surface area contributed by atoms with Crippen LogP contribution in [0.25, 0.3) is 11.4 Å². The molecule has 1 aliphatic heterocycles. The lowest BCUT2D eigenvalue weighted by atomic mass is 10.0. The third-order valence-corrected chi connectivity index (χ3v) is 5.38. The van der Waals surface area contributed by atoms with Gasteiger partial charge in [-0.05, 0) is 17.8 Å². The molecule has 1 atom stereocenters. The molecule has 0 aliphatic carbocycles. The maximum atomic E-state index is 5.73. The van der Waals surface area contributed by atoms with Crippen LogP contribution in [-0.2, 0) is 26.2 Å². The largest absolute Gasteiger partial charge is 0.312 e. The van der Waals surface area contributed by atoms with Crippen molar-refractivity contribution in [1.82, 2.24) is 14.3 Å². The molecule has 2 aromatic carbocycles. The molecular formula is C21H23N4S+. The van der Waals surface area contributed by atoms with Gasteiger partial charge in [-0.3, -0.25) is 4.57 Å². The van der Waals surface area contributed by atoms with E-state index in [0.29, 0.717) is 6.54 Å². The van der Waals surface area contributed by atoms with Crippen LogP contribution >= 0.6 is 12.2 Å². The van der Waals surface area contributed by atoms with Crippen molar-refractivity contribution < 1.29 is 4.90 Å². The maximum absolute atomic E-state index is 5.73. The van der Waals surface area contributed by atoms with E-state index >= 15 is 0 Å². The molecule has 0 saturated carbocycles. The van der Waals surface area contributed by atoms with Gasteiger partial charge in [0.15, 0.2) is 12.5 Å². The summed E-state index contributed by atoms with van der Waals surface area (Å²) in [5, 5.41) is 4.86. The van der Waals surface area contributed by atoms with Crippen LogP contribution in [0.4, 0.5) is 0 Å². The number of benzene rings is 2. The minimum absolute atomic E-state index is 0.668. The predicted molar refractivity (Wildman–Crippen MR) is 106 cm³/mol. The number of fused-ring (bicyclic) bond motifs is 1. The van der Waals surface area contributed by atoms with Gasteiger partial charge in [-0.25, -0.2) is 0 Å². The van der Waals surface area contributed by atoms with E-state index in [4.69, 9.17) is 17.3 Å². The van der Waals surface area contributed by atoms with Crippen LogP contribution in [0.15, 0.2) is 67.3 Å². The summed E-state index contributed by atoms with van der Waals surface area (Å²) in [5.74, 6) is 0.910. The van der Waals surface area contributed by atoms with E-state index in [1.165, 1.54) is 16.0 Å². The normalized spacial score (nSPS) is 16.2. The molecule has 26 heavy (non-hydrogen) atoms. The van der Waals surface area contributed by atoms with Crippen molar-refractivity contribution in [1.29, 1.82) is 0 Å². The molecule has 132 valence electrons. The number of rotatable bonds is 5. The number of hydrogen-bond donors (Lipinski definition) is 1. The average molecular weight is 364 g/mol. The number of nitrogens with zero attached hydrogens (tertiary/aromatic N) is 3. The second kappa shape index (κ2) is 7.40. The summed E-state index contributed by atoms with van der Waals surface area (Å²) in [4.78, 5) is 1.49. The lowest BCUT2D eigenvalue weighted by Crippen LogP contribution is -3.11. The summed E-state index contributed by atoms with van der Waals surface area (Å²) in [7, 11) is 0. The van der Waals surface area contributed by atoms with Gasteiger partial charge in [-0.1, -0.05) is 60.7 Å². The van der Waals surface area contributed by atoms with Crippen molar-refractivity contribution >= 4 is 12.2 Å². The second-order valence-electron chi connectivity index (χ2n) is 6.72. The lowest BCUT2D eigenvalue weighted by Gasteiger charge is -2.25. The second-order valence-corrected chi connectivity index (χ2v) is 7.09. The van der Waals surface area contributed by atoms with Gasteiger partial charge in [0.2, 0.25) is 4.77 Å². The number of quaternary nitrogens is 1. The van der Waals surface area contributed by atoms with Crippen molar-refractivity contribution in [2.24, 2.45) is 0 Å². The Balaban J connectivity index is 1.63. The Hall–Kier alpha value is -2.50. The van der Waals surface area contributed by atoms with E-state index in [1.807, 2.05) is 29.0 Å². The summed E-state index contributed by atoms with van der Waals surface area (Å²) in [5.41, 5.74) is 3.99. The van der Waals surface area contributed by atoms with Crippen molar-refractivity contribution in [3.8, 4) is 11.4 Å². The smallest absolute Gasteiger partial charge is 0.203 e. The van der Waals surface area contributed by atoms with E-state index in [0.717, 1.165) is 42.3 Å². The van der Waals surface area contributed by atoms with Crippen LogP contribution in [0.2, 0.25) is 0 Å². The van der Waals surface area contributed by atoms with Gasteiger partial charge in [0.1, 0.15) is 6.54 Å². The molecule has 0 radical (unpaired) electrons. The Bertz CT molecular complexity index is 971. The molecule has 0 amide bonds. The molecule has 0 spiro atoms. The number of nitrogens with one attached hydrogen (secondary N) is 1. The topological polar surface area (TPSA) is 27.2 Å². The summed E-state index contributed by atoms with van der Waals surface area (Å²) in [6, 6.07) is 19.0. The fraction of sp³-hybridized carbons (Fsp3) is 0.238. The highest BCUT2D eigenvalue weighted by molar-refractivity contribution is 7.71. The minimum atomic E-state index is 0.668. The summed E-state index contributed by atoms with van der Waals surface area (Å²) in [6.45, 7) is 7.45. The van der Waals surface area contributed by atoms with Crippen molar-refractivity contribution in [3.05, 3.63) is 83.2 Å². The van der Waals surface area contributed by atoms with Gasteiger partial charge >= 0.3 is 0 Å². The van der Waals surface area contributed by atoms with Crippen LogP contribution in [0.3, 0.4) is 0 Å². The Labute approximate surface area is 159 Å².